The lowest BCUT2D eigenvalue weighted by Crippen LogP contribution is -2.13. The number of aryl methyl sites for hydroxylation is 1. The van der Waals surface area contributed by atoms with Crippen LogP contribution < -0.4 is 5.32 Å². The van der Waals surface area contributed by atoms with E-state index in [4.69, 9.17) is 4.42 Å². The molecule has 0 radical (unpaired) electrons. The van der Waals surface area contributed by atoms with Crippen molar-refractivity contribution >= 4 is 11.6 Å². The van der Waals surface area contributed by atoms with Crippen molar-refractivity contribution in [2.45, 2.75) is 19.0 Å². The van der Waals surface area contributed by atoms with Gasteiger partial charge in [0.15, 0.2) is 11.7 Å². The van der Waals surface area contributed by atoms with E-state index in [-0.39, 0.29) is 12.3 Å². The average Bonchev–Trinajstić information content (AvgIpc) is 3.09. The number of nitrogens with zero attached hydrogens (tertiary/aromatic N) is 1. The Balaban J connectivity index is 1.54. The van der Waals surface area contributed by atoms with Crippen LogP contribution in [0.3, 0.4) is 0 Å². The maximum absolute atomic E-state index is 12.5. The molecule has 0 unspecified atom stereocenters. The lowest BCUT2D eigenvalue weighted by atomic mass is 10.2. The number of rotatable bonds is 5. The number of alkyl halides is 3. The van der Waals surface area contributed by atoms with Crippen molar-refractivity contribution < 1.29 is 22.4 Å². The molecule has 4 nitrogen and oxygen atoms in total. The van der Waals surface area contributed by atoms with Crippen LogP contribution in [0.25, 0.3) is 11.3 Å². The molecule has 0 aliphatic carbocycles. The molecule has 0 saturated heterocycles. The van der Waals surface area contributed by atoms with Gasteiger partial charge in [0, 0.05) is 24.1 Å². The number of benzene rings is 2. The Hall–Kier alpha value is -3.09. The van der Waals surface area contributed by atoms with Crippen molar-refractivity contribution in [1.29, 1.82) is 0 Å². The van der Waals surface area contributed by atoms with Crippen LogP contribution in [-0.2, 0) is 17.4 Å². The van der Waals surface area contributed by atoms with Gasteiger partial charge in [0.25, 0.3) is 0 Å². The molecule has 3 rings (SSSR count). The minimum Gasteiger partial charge on any atom is -0.441 e. The third kappa shape index (κ3) is 4.50. The van der Waals surface area contributed by atoms with Gasteiger partial charge in [-0.3, -0.25) is 4.79 Å². The Morgan fingerprint density at radius 1 is 1.04 bits per heavy atom. The van der Waals surface area contributed by atoms with E-state index in [1.54, 1.807) is 6.20 Å². The number of hydrogen-bond acceptors (Lipinski definition) is 3. The van der Waals surface area contributed by atoms with E-state index < -0.39 is 11.7 Å². The summed E-state index contributed by atoms with van der Waals surface area (Å²) in [6, 6.07) is 13.7. The summed E-state index contributed by atoms with van der Waals surface area (Å²) in [7, 11) is 0. The summed E-state index contributed by atoms with van der Waals surface area (Å²) in [6.07, 6.45) is -2.41. The fourth-order valence-corrected chi connectivity index (χ4v) is 2.35. The molecule has 7 heteroatoms. The Morgan fingerprint density at radius 3 is 2.38 bits per heavy atom. The van der Waals surface area contributed by atoms with Gasteiger partial charge in [0.2, 0.25) is 5.91 Å². The number of amides is 1. The minimum atomic E-state index is -4.40. The van der Waals surface area contributed by atoms with Crippen LogP contribution in [0.2, 0.25) is 0 Å². The minimum absolute atomic E-state index is 0.107. The van der Waals surface area contributed by atoms with Gasteiger partial charge >= 0.3 is 6.18 Å². The van der Waals surface area contributed by atoms with Crippen molar-refractivity contribution in [3.05, 3.63) is 72.2 Å². The maximum Gasteiger partial charge on any atom is 0.416 e. The second-order valence-corrected chi connectivity index (χ2v) is 5.61. The van der Waals surface area contributed by atoms with Gasteiger partial charge in [0.1, 0.15) is 0 Å². The van der Waals surface area contributed by atoms with Gasteiger partial charge in [-0.2, -0.15) is 13.2 Å². The summed E-state index contributed by atoms with van der Waals surface area (Å²) in [6.45, 7) is 0. The molecule has 2 aromatic carbocycles. The zero-order valence-corrected chi connectivity index (χ0v) is 13.6. The molecule has 1 N–H and O–H groups in total. The molecule has 0 bridgehead atoms. The first-order chi connectivity index (χ1) is 12.4. The Labute approximate surface area is 147 Å². The third-order valence-electron chi connectivity index (χ3n) is 3.67. The topological polar surface area (TPSA) is 55.1 Å². The molecule has 1 amide bonds. The van der Waals surface area contributed by atoms with E-state index in [2.05, 4.69) is 10.3 Å². The van der Waals surface area contributed by atoms with Gasteiger partial charge in [-0.05, 0) is 24.3 Å². The van der Waals surface area contributed by atoms with E-state index in [0.717, 1.165) is 17.7 Å². The van der Waals surface area contributed by atoms with Crippen LogP contribution in [0.4, 0.5) is 18.9 Å². The Bertz CT molecular complexity index is 872. The predicted octanol–water partition coefficient (Wildman–Crippen LogP) is 4.93. The molecule has 0 fully saturated rings. The zero-order valence-electron chi connectivity index (χ0n) is 13.6. The van der Waals surface area contributed by atoms with Gasteiger partial charge in [-0.15, -0.1) is 0 Å². The smallest absolute Gasteiger partial charge is 0.416 e. The van der Waals surface area contributed by atoms with Crippen LogP contribution in [0.15, 0.2) is 65.2 Å². The number of carbonyl (C=O) groups excluding carboxylic acids is 1. The number of nitrogens with one attached hydrogen (secondary N) is 1. The molecular formula is C19H15F3N2O2. The van der Waals surface area contributed by atoms with Crippen molar-refractivity contribution in [2.75, 3.05) is 5.32 Å². The van der Waals surface area contributed by atoms with E-state index in [0.29, 0.717) is 23.8 Å². The number of aromatic nitrogens is 1. The number of hydrogen-bond donors (Lipinski definition) is 1. The summed E-state index contributed by atoms with van der Waals surface area (Å²) in [5.74, 6) is 0.708. The molecular weight excluding hydrogens is 345 g/mol. The molecule has 1 aromatic heterocycles. The molecule has 0 spiro atoms. The highest BCUT2D eigenvalue weighted by atomic mass is 19.4. The lowest BCUT2D eigenvalue weighted by Gasteiger charge is -2.08. The summed E-state index contributed by atoms with van der Waals surface area (Å²) in [4.78, 5) is 16.1. The van der Waals surface area contributed by atoms with Crippen LogP contribution >= 0.6 is 0 Å². The molecule has 1 heterocycles. The van der Waals surface area contributed by atoms with Crippen molar-refractivity contribution in [1.82, 2.24) is 4.98 Å². The Kier molecular flexibility index (Phi) is 5.06. The SMILES string of the molecule is O=C(CCc1ncc(-c2ccccc2)o1)Nc1ccc(C(F)(F)F)cc1. The van der Waals surface area contributed by atoms with E-state index in [1.165, 1.54) is 12.1 Å². The van der Waals surface area contributed by atoms with Gasteiger partial charge in [-0.1, -0.05) is 30.3 Å². The highest BCUT2D eigenvalue weighted by molar-refractivity contribution is 5.90. The molecule has 134 valence electrons. The molecule has 3 aromatic rings. The van der Waals surface area contributed by atoms with Gasteiger partial charge in [0.05, 0.1) is 11.8 Å². The van der Waals surface area contributed by atoms with E-state index >= 15 is 0 Å². The van der Waals surface area contributed by atoms with Crippen LogP contribution in [0.1, 0.15) is 17.9 Å². The summed E-state index contributed by atoms with van der Waals surface area (Å²) in [5.41, 5.74) is 0.435. The van der Waals surface area contributed by atoms with Crippen LogP contribution in [0, 0.1) is 0 Å². The number of halogens is 3. The maximum atomic E-state index is 12.5. The second-order valence-electron chi connectivity index (χ2n) is 5.61. The summed E-state index contributed by atoms with van der Waals surface area (Å²) >= 11 is 0. The first kappa shape index (κ1) is 17.7. The number of carbonyl (C=O) groups is 1. The molecule has 0 aliphatic heterocycles. The molecule has 0 aliphatic rings. The van der Waals surface area contributed by atoms with Crippen molar-refractivity contribution in [3.63, 3.8) is 0 Å². The van der Waals surface area contributed by atoms with E-state index in [1.807, 2.05) is 30.3 Å². The highest BCUT2D eigenvalue weighted by Crippen LogP contribution is 2.29. The fraction of sp³-hybridized carbons (Fsp3) is 0.158. The molecule has 0 saturated carbocycles. The normalized spacial score (nSPS) is 11.3. The monoisotopic (exact) mass is 360 g/mol. The predicted molar refractivity (Wildman–Crippen MR) is 90.3 cm³/mol. The standard InChI is InChI=1S/C19H15F3N2O2/c20-19(21,22)14-6-8-15(9-7-14)24-17(25)10-11-18-23-12-16(26-18)13-4-2-1-3-5-13/h1-9,12H,10-11H2,(H,24,25). The molecule has 26 heavy (non-hydrogen) atoms. The van der Waals surface area contributed by atoms with Crippen LogP contribution in [0.5, 0.6) is 0 Å². The van der Waals surface area contributed by atoms with Crippen molar-refractivity contribution in [3.8, 4) is 11.3 Å². The van der Waals surface area contributed by atoms with E-state index in [9.17, 15) is 18.0 Å². The first-order valence-corrected chi connectivity index (χ1v) is 7.89. The number of oxazole rings is 1. The van der Waals surface area contributed by atoms with Gasteiger partial charge in [-0.25, -0.2) is 4.98 Å². The largest absolute Gasteiger partial charge is 0.441 e. The second kappa shape index (κ2) is 7.43. The summed E-state index contributed by atoms with van der Waals surface area (Å²) in [5, 5.41) is 2.55. The van der Waals surface area contributed by atoms with Crippen molar-refractivity contribution in [2.24, 2.45) is 0 Å². The Morgan fingerprint density at radius 2 is 1.73 bits per heavy atom. The zero-order chi connectivity index (χ0) is 18.6. The molecule has 0 atom stereocenters. The fourth-order valence-electron chi connectivity index (χ4n) is 2.35. The summed E-state index contributed by atoms with van der Waals surface area (Å²) < 4.78 is 43.1. The van der Waals surface area contributed by atoms with Crippen LogP contribution in [-0.4, -0.2) is 10.9 Å². The lowest BCUT2D eigenvalue weighted by molar-refractivity contribution is -0.137. The third-order valence-corrected chi connectivity index (χ3v) is 3.67. The first-order valence-electron chi connectivity index (χ1n) is 7.89. The highest BCUT2D eigenvalue weighted by Gasteiger charge is 2.29. The average molecular weight is 360 g/mol. The quantitative estimate of drug-likeness (QED) is 0.702. The van der Waals surface area contributed by atoms with Gasteiger partial charge < -0.3 is 9.73 Å². The number of anilines is 1.